The number of carbonyl (C=O) groups excluding carboxylic acids is 2. The van der Waals surface area contributed by atoms with Gasteiger partial charge in [0, 0.05) is 43.7 Å². The topological polar surface area (TPSA) is 61.9 Å². The van der Waals surface area contributed by atoms with E-state index in [0.717, 1.165) is 57.4 Å². The maximum atomic E-state index is 12.7. The number of nitrogens with one attached hydrogen (secondary N) is 1. The molecule has 0 aromatic heterocycles. The third-order valence-corrected chi connectivity index (χ3v) is 6.40. The molecule has 6 nitrogen and oxygen atoms in total. The Kier molecular flexibility index (Phi) is 4.95. The first-order chi connectivity index (χ1) is 13.0. The molecule has 6 heteroatoms. The van der Waals surface area contributed by atoms with Crippen LogP contribution in [0, 0.1) is 5.92 Å². The highest BCUT2D eigenvalue weighted by molar-refractivity contribution is 5.94. The molecule has 0 bridgehead atoms. The average Bonchev–Trinajstić information content (AvgIpc) is 2.95. The number of ether oxygens (including phenoxy) is 1. The Labute approximate surface area is 160 Å². The molecule has 0 radical (unpaired) electrons. The summed E-state index contributed by atoms with van der Waals surface area (Å²) in [6, 6.07) is 8.21. The van der Waals surface area contributed by atoms with E-state index in [1.807, 2.05) is 24.3 Å². The molecule has 1 spiro atoms. The lowest BCUT2D eigenvalue weighted by Gasteiger charge is -2.39. The van der Waals surface area contributed by atoms with E-state index in [1.54, 1.807) is 0 Å². The van der Waals surface area contributed by atoms with E-state index in [2.05, 4.69) is 29.2 Å². The van der Waals surface area contributed by atoms with E-state index >= 15 is 0 Å². The van der Waals surface area contributed by atoms with Crippen molar-refractivity contribution in [1.29, 1.82) is 0 Å². The highest BCUT2D eigenvalue weighted by Gasteiger charge is 2.48. The number of benzene rings is 1. The molecule has 2 fully saturated rings. The standard InChI is InChI=1S/C21H29N3O3/c1-15(2)23-11-13-24(14-12-23)22-19(25)16-7-9-21(10-8-16)18-6-4-3-5-17(18)20(26)27-21/h3-6,15-16H,7-14H2,1-2H3,(H,22,25). The van der Waals surface area contributed by atoms with Crippen LogP contribution in [0.4, 0.5) is 0 Å². The summed E-state index contributed by atoms with van der Waals surface area (Å²) in [5, 5.41) is 2.05. The summed E-state index contributed by atoms with van der Waals surface area (Å²) >= 11 is 0. The fourth-order valence-electron chi connectivity index (χ4n) is 4.66. The molecule has 1 saturated carbocycles. The van der Waals surface area contributed by atoms with Crippen molar-refractivity contribution in [1.82, 2.24) is 15.3 Å². The van der Waals surface area contributed by atoms with E-state index in [-0.39, 0.29) is 17.8 Å². The second-order valence-corrected chi connectivity index (χ2v) is 8.30. The van der Waals surface area contributed by atoms with Crippen molar-refractivity contribution in [2.24, 2.45) is 5.92 Å². The summed E-state index contributed by atoms with van der Waals surface area (Å²) < 4.78 is 5.79. The van der Waals surface area contributed by atoms with Crippen molar-refractivity contribution in [3.8, 4) is 0 Å². The van der Waals surface area contributed by atoms with Gasteiger partial charge in [-0.25, -0.2) is 9.80 Å². The van der Waals surface area contributed by atoms with Crippen LogP contribution in [0.25, 0.3) is 0 Å². The second-order valence-electron chi connectivity index (χ2n) is 8.30. The number of fused-ring (bicyclic) bond motifs is 2. The average molecular weight is 371 g/mol. The molecule has 1 aromatic carbocycles. The molecule has 2 aliphatic heterocycles. The minimum Gasteiger partial charge on any atom is -0.451 e. The fourth-order valence-corrected chi connectivity index (χ4v) is 4.66. The molecule has 27 heavy (non-hydrogen) atoms. The zero-order valence-electron chi connectivity index (χ0n) is 16.2. The highest BCUT2D eigenvalue weighted by Crippen LogP contribution is 2.48. The number of esters is 1. The summed E-state index contributed by atoms with van der Waals surface area (Å²) in [6.07, 6.45) is 2.93. The first kappa shape index (κ1) is 18.4. The summed E-state index contributed by atoms with van der Waals surface area (Å²) in [5.74, 6) is -0.123. The van der Waals surface area contributed by atoms with Gasteiger partial charge in [-0.15, -0.1) is 0 Å². The van der Waals surface area contributed by atoms with Gasteiger partial charge < -0.3 is 4.74 Å². The van der Waals surface area contributed by atoms with Crippen LogP contribution in [0.2, 0.25) is 0 Å². The third-order valence-electron chi connectivity index (χ3n) is 6.40. The van der Waals surface area contributed by atoms with Gasteiger partial charge >= 0.3 is 5.97 Å². The van der Waals surface area contributed by atoms with Gasteiger partial charge in [0.05, 0.1) is 5.56 Å². The number of rotatable bonds is 3. The molecular weight excluding hydrogens is 342 g/mol. The Bertz CT molecular complexity index is 717. The Morgan fingerprint density at radius 1 is 1.15 bits per heavy atom. The number of nitrogens with zero attached hydrogens (tertiary/aromatic N) is 2. The third kappa shape index (κ3) is 3.48. The fraction of sp³-hybridized carbons (Fsp3) is 0.619. The molecule has 1 saturated heterocycles. The van der Waals surface area contributed by atoms with E-state index in [4.69, 9.17) is 4.74 Å². The number of piperazine rings is 1. The van der Waals surface area contributed by atoms with Crippen LogP contribution in [0.5, 0.6) is 0 Å². The molecule has 2 heterocycles. The lowest BCUT2D eigenvalue weighted by Crippen LogP contribution is -2.56. The van der Waals surface area contributed by atoms with Crippen LogP contribution < -0.4 is 5.43 Å². The predicted octanol–water partition coefficient (Wildman–Crippen LogP) is 2.30. The quantitative estimate of drug-likeness (QED) is 0.826. The van der Waals surface area contributed by atoms with Crippen molar-refractivity contribution in [2.75, 3.05) is 26.2 Å². The van der Waals surface area contributed by atoms with Crippen LogP contribution in [0.15, 0.2) is 24.3 Å². The van der Waals surface area contributed by atoms with Crippen molar-refractivity contribution in [3.63, 3.8) is 0 Å². The molecule has 0 atom stereocenters. The van der Waals surface area contributed by atoms with Crippen LogP contribution in [0.3, 0.4) is 0 Å². The van der Waals surface area contributed by atoms with Gasteiger partial charge in [-0.05, 0) is 45.6 Å². The number of amides is 1. The monoisotopic (exact) mass is 371 g/mol. The summed E-state index contributed by atoms with van der Waals surface area (Å²) in [7, 11) is 0. The molecule has 1 N–H and O–H groups in total. The lowest BCUT2D eigenvalue weighted by molar-refractivity contribution is -0.134. The molecule has 3 aliphatic rings. The zero-order valence-corrected chi connectivity index (χ0v) is 16.2. The van der Waals surface area contributed by atoms with Crippen molar-refractivity contribution in [3.05, 3.63) is 35.4 Å². The van der Waals surface area contributed by atoms with E-state index in [9.17, 15) is 9.59 Å². The van der Waals surface area contributed by atoms with Crippen LogP contribution in [0.1, 0.15) is 55.5 Å². The number of hydrazine groups is 1. The second kappa shape index (κ2) is 7.24. The van der Waals surface area contributed by atoms with Crippen LogP contribution in [-0.4, -0.2) is 54.0 Å². The van der Waals surface area contributed by atoms with E-state index < -0.39 is 5.60 Å². The number of hydrogen-bond donors (Lipinski definition) is 1. The molecule has 1 aliphatic carbocycles. The number of hydrogen-bond acceptors (Lipinski definition) is 5. The molecule has 1 amide bonds. The van der Waals surface area contributed by atoms with E-state index in [1.165, 1.54) is 0 Å². The van der Waals surface area contributed by atoms with Crippen molar-refractivity contribution >= 4 is 11.9 Å². The van der Waals surface area contributed by atoms with Gasteiger partial charge in [0.2, 0.25) is 5.91 Å². The summed E-state index contributed by atoms with van der Waals surface area (Å²) in [6.45, 7) is 8.12. The van der Waals surface area contributed by atoms with Gasteiger partial charge in [-0.1, -0.05) is 18.2 Å². The van der Waals surface area contributed by atoms with E-state index in [0.29, 0.717) is 11.6 Å². The summed E-state index contributed by atoms with van der Waals surface area (Å²) in [5.41, 5.74) is 4.28. The Hall–Kier alpha value is -1.92. The Morgan fingerprint density at radius 2 is 1.81 bits per heavy atom. The Balaban J connectivity index is 1.32. The molecule has 146 valence electrons. The van der Waals surface area contributed by atoms with Crippen LogP contribution >= 0.6 is 0 Å². The molecular formula is C21H29N3O3. The van der Waals surface area contributed by atoms with Crippen molar-refractivity contribution in [2.45, 2.75) is 51.2 Å². The maximum Gasteiger partial charge on any atom is 0.339 e. The first-order valence-electron chi connectivity index (χ1n) is 10.1. The highest BCUT2D eigenvalue weighted by atomic mass is 16.6. The van der Waals surface area contributed by atoms with Gasteiger partial charge in [-0.2, -0.15) is 0 Å². The van der Waals surface area contributed by atoms with Crippen molar-refractivity contribution < 1.29 is 14.3 Å². The Morgan fingerprint density at radius 3 is 2.48 bits per heavy atom. The first-order valence-corrected chi connectivity index (χ1v) is 10.1. The minimum absolute atomic E-state index is 0.00906. The maximum absolute atomic E-state index is 12.7. The van der Waals surface area contributed by atoms with Gasteiger partial charge in [0.1, 0.15) is 5.60 Å². The van der Waals surface area contributed by atoms with Gasteiger partial charge in [0.25, 0.3) is 0 Å². The lowest BCUT2D eigenvalue weighted by atomic mass is 9.75. The number of carbonyl (C=O) groups is 2. The molecule has 1 aromatic rings. The van der Waals surface area contributed by atoms with Gasteiger partial charge in [-0.3, -0.25) is 15.1 Å². The smallest absolute Gasteiger partial charge is 0.339 e. The largest absolute Gasteiger partial charge is 0.451 e. The zero-order chi connectivity index (χ0) is 19.0. The SMILES string of the molecule is CC(C)N1CCN(NC(=O)C2CCC3(CC2)OC(=O)c2ccccc23)CC1. The summed E-state index contributed by atoms with van der Waals surface area (Å²) in [4.78, 5) is 27.3. The normalized spacial score (nSPS) is 29.0. The molecule has 4 rings (SSSR count). The van der Waals surface area contributed by atoms with Crippen LogP contribution in [-0.2, 0) is 15.1 Å². The minimum atomic E-state index is -0.520. The predicted molar refractivity (Wildman–Crippen MR) is 102 cm³/mol. The molecule has 0 unspecified atom stereocenters. The van der Waals surface area contributed by atoms with Gasteiger partial charge in [0.15, 0.2) is 0 Å².